The van der Waals surface area contributed by atoms with E-state index in [1.54, 1.807) is 25.1 Å². The Bertz CT molecular complexity index is 1210. The normalized spacial score (nSPS) is 11.9. The molecule has 1 N–H and O–H groups in total. The zero-order chi connectivity index (χ0) is 22.0. The number of rotatable bonds is 6. The summed E-state index contributed by atoms with van der Waals surface area (Å²) in [4.78, 5) is 18.0. The van der Waals surface area contributed by atoms with Gasteiger partial charge in [0.1, 0.15) is 5.82 Å². The van der Waals surface area contributed by atoms with Gasteiger partial charge >= 0.3 is 0 Å². The minimum absolute atomic E-state index is 0.0476. The smallest absolute Gasteiger partial charge is 0.291 e. The molecule has 1 unspecified atom stereocenters. The summed E-state index contributed by atoms with van der Waals surface area (Å²) in [5.41, 5.74) is 1.14. The van der Waals surface area contributed by atoms with Gasteiger partial charge in [-0.25, -0.2) is 18.4 Å². The lowest BCUT2D eigenvalue weighted by molar-refractivity contribution is 0.0929. The van der Waals surface area contributed by atoms with E-state index in [0.717, 1.165) is 4.88 Å². The summed E-state index contributed by atoms with van der Waals surface area (Å²) < 4.78 is 33.8. The van der Waals surface area contributed by atoms with Crippen molar-refractivity contribution in [2.45, 2.75) is 13.0 Å². The number of hydrogen-bond donors (Lipinski definition) is 1. The molecule has 1 atom stereocenters. The Morgan fingerprint density at radius 3 is 2.58 bits per heavy atom. The summed E-state index contributed by atoms with van der Waals surface area (Å²) >= 11 is 1.45. The summed E-state index contributed by atoms with van der Waals surface area (Å²) in [6.45, 7) is 1.73. The predicted octanol–water partition coefficient (Wildman–Crippen LogP) is 4.77. The van der Waals surface area contributed by atoms with Gasteiger partial charge in [-0.1, -0.05) is 12.1 Å². The number of nitrogens with zero attached hydrogens (tertiary/aromatic N) is 3. The second kappa shape index (κ2) is 8.65. The molecule has 0 fully saturated rings. The fraction of sp³-hybridized carbons (Fsp3) is 0.136. The molecule has 31 heavy (non-hydrogen) atoms. The maximum Gasteiger partial charge on any atom is 0.291 e. The van der Waals surface area contributed by atoms with Crippen molar-refractivity contribution >= 4 is 17.2 Å². The van der Waals surface area contributed by atoms with E-state index in [4.69, 9.17) is 4.74 Å². The van der Waals surface area contributed by atoms with Crippen LogP contribution >= 0.6 is 11.3 Å². The highest BCUT2D eigenvalue weighted by Crippen LogP contribution is 2.26. The Morgan fingerprint density at radius 2 is 1.94 bits per heavy atom. The van der Waals surface area contributed by atoms with Gasteiger partial charge in [-0.05, 0) is 60.3 Å². The van der Waals surface area contributed by atoms with Crippen LogP contribution < -0.4 is 10.1 Å². The average molecular weight is 440 g/mol. The molecule has 0 aliphatic heterocycles. The third-order valence-electron chi connectivity index (χ3n) is 4.65. The number of thiophene rings is 1. The molecular weight excluding hydrogens is 422 g/mol. The first-order valence-corrected chi connectivity index (χ1v) is 10.3. The fourth-order valence-corrected chi connectivity index (χ4v) is 3.73. The number of amides is 1. The summed E-state index contributed by atoms with van der Waals surface area (Å²) in [6, 6.07) is 13.5. The molecule has 0 aliphatic rings. The number of nitrogens with one attached hydrogen (secondary N) is 1. The van der Waals surface area contributed by atoms with Gasteiger partial charge < -0.3 is 10.1 Å². The van der Waals surface area contributed by atoms with Gasteiger partial charge in [0, 0.05) is 0 Å². The highest BCUT2D eigenvalue weighted by molar-refractivity contribution is 7.13. The monoisotopic (exact) mass is 440 g/mol. The van der Waals surface area contributed by atoms with Crippen molar-refractivity contribution in [2.75, 3.05) is 7.11 Å². The van der Waals surface area contributed by atoms with Crippen LogP contribution in [0.1, 0.15) is 29.1 Å². The number of halogens is 2. The molecular formula is C22H18F2N4O2S. The van der Waals surface area contributed by atoms with Crippen molar-refractivity contribution in [1.82, 2.24) is 20.1 Å². The number of carbonyl (C=O) groups excluding carboxylic acids is 1. The maximum absolute atomic E-state index is 14.0. The van der Waals surface area contributed by atoms with Crippen molar-refractivity contribution < 1.29 is 18.3 Å². The topological polar surface area (TPSA) is 69.0 Å². The zero-order valence-electron chi connectivity index (χ0n) is 16.7. The van der Waals surface area contributed by atoms with Crippen molar-refractivity contribution in [1.29, 1.82) is 0 Å². The first-order valence-electron chi connectivity index (χ1n) is 9.37. The average Bonchev–Trinajstić information content (AvgIpc) is 3.44. The van der Waals surface area contributed by atoms with Gasteiger partial charge in [-0.2, -0.15) is 0 Å². The third kappa shape index (κ3) is 4.31. The molecule has 158 valence electrons. The molecule has 2 aromatic carbocycles. The highest BCUT2D eigenvalue weighted by Gasteiger charge is 2.21. The van der Waals surface area contributed by atoms with Crippen molar-refractivity contribution in [2.24, 2.45) is 0 Å². The van der Waals surface area contributed by atoms with E-state index in [0.29, 0.717) is 17.1 Å². The molecule has 0 saturated carbocycles. The number of methoxy groups -OCH3 is 1. The van der Waals surface area contributed by atoms with Gasteiger partial charge in [-0.15, -0.1) is 16.4 Å². The minimum Gasteiger partial charge on any atom is -0.494 e. The standard InChI is InChI=1S/C22H18F2N4O2S/c1-13(14-5-10-18(30-2)17(24)12-14)25-22(29)20-26-21(19-4-3-11-31-19)28(27-20)16-8-6-15(23)7-9-16/h3-13H,1-2H3,(H,25,29). The van der Waals surface area contributed by atoms with Crippen LogP contribution in [0.4, 0.5) is 8.78 Å². The van der Waals surface area contributed by atoms with Gasteiger partial charge in [0.15, 0.2) is 17.4 Å². The molecule has 0 bridgehead atoms. The Labute approximate surface area is 181 Å². The first-order chi connectivity index (χ1) is 15.0. The Hall–Kier alpha value is -3.59. The lowest BCUT2D eigenvalue weighted by atomic mass is 10.1. The van der Waals surface area contributed by atoms with Crippen LogP contribution in [-0.4, -0.2) is 27.8 Å². The first kappa shape index (κ1) is 20.7. The second-order valence-electron chi connectivity index (χ2n) is 6.71. The SMILES string of the molecule is COc1ccc(C(C)NC(=O)c2nc(-c3cccs3)n(-c3ccc(F)cc3)n2)cc1F. The quantitative estimate of drug-likeness (QED) is 0.469. The maximum atomic E-state index is 14.0. The molecule has 4 rings (SSSR count). The molecule has 2 heterocycles. The summed E-state index contributed by atoms with van der Waals surface area (Å²) in [7, 11) is 1.39. The highest BCUT2D eigenvalue weighted by atomic mass is 32.1. The van der Waals surface area contributed by atoms with E-state index in [9.17, 15) is 13.6 Å². The van der Waals surface area contributed by atoms with Crippen LogP contribution in [0.25, 0.3) is 16.4 Å². The van der Waals surface area contributed by atoms with Gasteiger partial charge in [0.05, 0.1) is 23.7 Å². The molecule has 0 spiro atoms. The molecule has 4 aromatic rings. The van der Waals surface area contributed by atoms with E-state index in [1.165, 1.54) is 47.4 Å². The Balaban J connectivity index is 1.63. The number of carbonyl (C=O) groups is 1. The number of hydrogen-bond acceptors (Lipinski definition) is 5. The van der Waals surface area contributed by atoms with Crippen LogP contribution in [-0.2, 0) is 0 Å². The van der Waals surface area contributed by atoms with Crippen LogP contribution in [0.2, 0.25) is 0 Å². The molecule has 9 heteroatoms. The Morgan fingerprint density at radius 1 is 1.16 bits per heavy atom. The van der Waals surface area contributed by atoms with Crippen molar-refractivity contribution in [3.8, 4) is 22.1 Å². The van der Waals surface area contributed by atoms with Crippen LogP contribution in [0.15, 0.2) is 60.0 Å². The number of ether oxygens (including phenoxy) is 1. The van der Waals surface area contributed by atoms with Crippen molar-refractivity contribution in [3.63, 3.8) is 0 Å². The summed E-state index contributed by atoms with van der Waals surface area (Å²) in [5, 5.41) is 9.01. The van der Waals surface area contributed by atoms with Crippen LogP contribution in [0, 0.1) is 11.6 Å². The molecule has 0 aliphatic carbocycles. The van der Waals surface area contributed by atoms with E-state index in [1.807, 2.05) is 17.5 Å². The minimum atomic E-state index is -0.514. The van der Waals surface area contributed by atoms with E-state index >= 15 is 0 Å². The lowest BCUT2D eigenvalue weighted by Crippen LogP contribution is -2.27. The van der Waals surface area contributed by atoms with Gasteiger partial charge in [-0.3, -0.25) is 4.79 Å². The van der Waals surface area contributed by atoms with E-state index < -0.39 is 17.8 Å². The third-order valence-corrected chi connectivity index (χ3v) is 5.51. The largest absolute Gasteiger partial charge is 0.494 e. The molecule has 6 nitrogen and oxygen atoms in total. The van der Waals surface area contributed by atoms with Crippen molar-refractivity contribution in [3.05, 3.63) is 83.0 Å². The lowest BCUT2D eigenvalue weighted by Gasteiger charge is -2.14. The summed E-state index contributed by atoms with van der Waals surface area (Å²) in [6.07, 6.45) is 0. The fourth-order valence-electron chi connectivity index (χ4n) is 3.03. The zero-order valence-corrected chi connectivity index (χ0v) is 17.5. The van der Waals surface area contributed by atoms with Gasteiger partial charge in [0.2, 0.25) is 5.82 Å². The molecule has 0 saturated heterocycles. The second-order valence-corrected chi connectivity index (χ2v) is 7.66. The number of benzene rings is 2. The predicted molar refractivity (Wildman–Crippen MR) is 113 cm³/mol. The van der Waals surface area contributed by atoms with Gasteiger partial charge in [0.25, 0.3) is 5.91 Å². The Kier molecular flexibility index (Phi) is 5.77. The number of aromatic nitrogens is 3. The van der Waals surface area contributed by atoms with Crippen LogP contribution in [0.3, 0.4) is 0 Å². The molecule has 1 amide bonds. The van der Waals surface area contributed by atoms with E-state index in [-0.39, 0.29) is 17.4 Å². The van der Waals surface area contributed by atoms with Crippen LogP contribution in [0.5, 0.6) is 5.75 Å². The molecule has 0 radical (unpaired) electrons. The van der Waals surface area contributed by atoms with E-state index in [2.05, 4.69) is 15.4 Å². The molecule has 2 aromatic heterocycles. The summed E-state index contributed by atoms with van der Waals surface area (Å²) in [5.74, 6) is -0.853.